The number of nitrogens with zero attached hydrogens (tertiary/aromatic N) is 1. The Kier molecular flexibility index (Phi) is 5.75. The minimum Gasteiger partial charge on any atom is -0.362 e. The van der Waals surface area contributed by atoms with Crippen LogP contribution in [-0.2, 0) is 4.74 Å². The lowest BCUT2D eigenvalue weighted by Gasteiger charge is -2.32. The molecular formula is C13H23NO. The van der Waals surface area contributed by atoms with Crippen LogP contribution in [0, 0.1) is 11.8 Å². The van der Waals surface area contributed by atoms with Crippen LogP contribution in [0.3, 0.4) is 0 Å². The van der Waals surface area contributed by atoms with Gasteiger partial charge in [0.15, 0.2) is 0 Å². The van der Waals surface area contributed by atoms with Gasteiger partial charge in [-0.1, -0.05) is 12.8 Å². The lowest BCUT2D eigenvalue weighted by molar-refractivity contribution is -0.0117. The van der Waals surface area contributed by atoms with Crippen molar-refractivity contribution >= 4 is 0 Å². The van der Waals surface area contributed by atoms with Gasteiger partial charge in [0.05, 0.1) is 6.10 Å². The molecule has 1 rings (SSSR count). The predicted octanol–water partition coefficient (Wildman–Crippen LogP) is 2.29. The first-order valence-electron chi connectivity index (χ1n) is 6.06. The highest BCUT2D eigenvalue weighted by atomic mass is 16.5. The summed E-state index contributed by atoms with van der Waals surface area (Å²) in [5.74, 6) is 5.94. The van der Waals surface area contributed by atoms with Crippen LogP contribution in [0.1, 0.15) is 40.0 Å². The number of piperidine rings is 1. The summed E-state index contributed by atoms with van der Waals surface area (Å²) >= 11 is 0. The third-order valence-corrected chi connectivity index (χ3v) is 2.82. The van der Waals surface area contributed by atoms with E-state index in [9.17, 15) is 0 Å². The molecule has 0 radical (unpaired) electrons. The molecule has 0 aromatic rings. The summed E-state index contributed by atoms with van der Waals surface area (Å²) in [4.78, 5) is 2.52. The zero-order valence-electron chi connectivity index (χ0n) is 10.3. The average molecular weight is 209 g/mol. The minimum absolute atomic E-state index is 0.0951. The van der Waals surface area contributed by atoms with Crippen LogP contribution in [-0.4, -0.2) is 36.7 Å². The Hall–Kier alpha value is -0.520. The predicted molar refractivity (Wildman–Crippen MR) is 63.8 cm³/mol. The van der Waals surface area contributed by atoms with Gasteiger partial charge >= 0.3 is 0 Å². The van der Waals surface area contributed by atoms with E-state index >= 15 is 0 Å². The normalized spacial score (nSPS) is 20.7. The molecule has 0 saturated carbocycles. The molecule has 2 nitrogen and oxygen atoms in total. The molecule has 0 N–H and O–H groups in total. The number of likely N-dealkylation sites (tertiary alicyclic amines) is 1. The van der Waals surface area contributed by atoms with E-state index in [4.69, 9.17) is 4.74 Å². The number of rotatable bonds is 4. The summed E-state index contributed by atoms with van der Waals surface area (Å²) < 4.78 is 5.86. The van der Waals surface area contributed by atoms with E-state index in [0.717, 1.165) is 12.8 Å². The fraction of sp³-hybridized carbons (Fsp3) is 0.846. The monoisotopic (exact) mass is 209 g/mol. The Morgan fingerprint density at radius 1 is 1.40 bits per heavy atom. The molecule has 0 spiro atoms. The lowest BCUT2D eigenvalue weighted by atomic mass is 10.1. The molecule has 1 atom stereocenters. The van der Waals surface area contributed by atoms with E-state index in [1.165, 1.54) is 26.1 Å². The third-order valence-electron chi connectivity index (χ3n) is 2.82. The van der Waals surface area contributed by atoms with E-state index in [1.807, 2.05) is 13.8 Å². The zero-order valence-corrected chi connectivity index (χ0v) is 10.3. The van der Waals surface area contributed by atoms with Gasteiger partial charge in [0.2, 0.25) is 0 Å². The van der Waals surface area contributed by atoms with E-state index in [-0.39, 0.29) is 6.10 Å². The second-order valence-corrected chi connectivity index (χ2v) is 4.21. The highest BCUT2D eigenvalue weighted by molar-refractivity contribution is 5.01. The zero-order chi connectivity index (χ0) is 11.1. The van der Waals surface area contributed by atoms with Gasteiger partial charge in [-0.2, -0.15) is 0 Å². The molecule has 15 heavy (non-hydrogen) atoms. The lowest BCUT2D eigenvalue weighted by Crippen LogP contribution is -2.38. The van der Waals surface area contributed by atoms with Crippen molar-refractivity contribution in [2.75, 3.05) is 19.6 Å². The molecular weight excluding hydrogens is 186 g/mol. The molecule has 86 valence electrons. The standard InChI is InChI=1S/C13H23NO/c1-4-6-12(3)15-13-7-10-14(9-5-2)11-8-13/h12-13H,5,7-11H2,1-3H3/t12-/m0/s1. The Balaban J connectivity index is 2.21. The fourth-order valence-electron chi connectivity index (χ4n) is 2.11. The minimum atomic E-state index is 0.0951. The Bertz CT molecular complexity index is 220. The average Bonchev–Trinajstić information content (AvgIpc) is 2.22. The van der Waals surface area contributed by atoms with Crippen LogP contribution < -0.4 is 0 Å². The van der Waals surface area contributed by atoms with Gasteiger partial charge < -0.3 is 9.64 Å². The maximum atomic E-state index is 5.86. The largest absolute Gasteiger partial charge is 0.362 e. The van der Waals surface area contributed by atoms with Crippen LogP contribution in [0.15, 0.2) is 0 Å². The summed E-state index contributed by atoms with van der Waals surface area (Å²) in [6.45, 7) is 9.74. The maximum absolute atomic E-state index is 5.86. The Morgan fingerprint density at radius 2 is 2.07 bits per heavy atom. The van der Waals surface area contributed by atoms with Crippen LogP contribution >= 0.6 is 0 Å². The third kappa shape index (κ3) is 4.68. The molecule has 0 amide bonds. The molecule has 0 unspecified atom stereocenters. The quantitative estimate of drug-likeness (QED) is 0.659. The summed E-state index contributed by atoms with van der Waals surface area (Å²) in [6.07, 6.45) is 4.10. The Labute approximate surface area is 94.0 Å². The highest BCUT2D eigenvalue weighted by Gasteiger charge is 2.20. The summed E-state index contributed by atoms with van der Waals surface area (Å²) in [5, 5.41) is 0. The van der Waals surface area contributed by atoms with E-state index in [1.54, 1.807) is 0 Å². The van der Waals surface area contributed by atoms with Gasteiger partial charge in [-0.3, -0.25) is 0 Å². The summed E-state index contributed by atoms with van der Waals surface area (Å²) in [6, 6.07) is 0. The van der Waals surface area contributed by atoms with Crippen molar-refractivity contribution in [1.82, 2.24) is 4.90 Å². The molecule has 0 aliphatic carbocycles. The molecule has 2 heteroatoms. The summed E-state index contributed by atoms with van der Waals surface area (Å²) in [5.41, 5.74) is 0. The van der Waals surface area contributed by atoms with Crippen molar-refractivity contribution in [3.05, 3.63) is 0 Å². The first-order valence-corrected chi connectivity index (χ1v) is 6.06. The number of hydrogen-bond donors (Lipinski definition) is 0. The fourth-order valence-corrected chi connectivity index (χ4v) is 2.11. The van der Waals surface area contributed by atoms with Crippen LogP contribution in [0.4, 0.5) is 0 Å². The SMILES string of the molecule is CC#C[C@H](C)OC1CCN(CCC)CC1. The molecule has 1 aliphatic heterocycles. The van der Waals surface area contributed by atoms with Gasteiger partial charge in [-0.05, 0) is 39.7 Å². The molecule has 1 fully saturated rings. The Morgan fingerprint density at radius 3 is 2.60 bits per heavy atom. The first kappa shape index (κ1) is 12.5. The molecule has 0 aromatic carbocycles. The van der Waals surface area contributed by atoms with E-state index < -0.39 is 0 Å². The molecule has 0 aromatic heterocycles. The molecule has 0 bridgehead atoms. The van der Waals surface area contributed by atoms with Crippen LogP contribution in [0.25, 0.3) is 0 Å². The van der Waals surface area contributed by atoms with Crippen LogP contribution in [0.2, 0.25) is 0 Å². The molecule has 1 aliphatic rings. The van der Waals surface area contributed by atoms with Gasteiger partial charge in [0, 0.05) is 13.1 Å². The van der Waals surface area contributed by atoms with Gasteiger partial charge in [-0.15, -0.1) is 5.92 Å². The highest BCUT2D eigenvalue weighted by Crippen LogP contribution is 2.15. The topological polar surface area (TPSA) is 12.5 Å². The van der Waals surface area contributed by atoms with E-state index in [2.05, 4.69) is 23.7 Å². The maximum Gasteiger partial charge on any atom is 0.115 e. The van der Waals surface area contributed by atoms with Gasteiger partial charge in [-0.25, -0.2) is 0 Å². The van der Waals surface area contributed by atoms with Crippen molar-refractivity contribution < 1.29 is 4.74 Å². The van der Waals surface area contributed by atoms with Gasteiger partial charge in [0.1, 0.15) is 6.10 Å². The van der Waals surface area contributed by atoms with Crippen molar-refractivity contribution in [3.8, 4) is 11.8 Å². The molecule has 1 heterocycles. The first-order chi connectivity index (χ1) is 7.26. The van der Waals surface area contributed by atoms with Crippen molar-refractivity contribution in [3.63, 3.8) is 0 Å². The van der Waals surface area contributed by atoms with Gasteiger partial charge in [0.25, 0.3) is 0 Å². The van der Waals surface area contributed by atoms with Crippen LogP contribution in [0.5, 0.6) is 0 Å². The van der Waals surface area contributed by atoms with E-state index in [0.29, 0.717) is 6.10 Å². The van der Waals surface area contributed by atoms with Crippen molar-refractivity contribution in [2.45, 2.75) is 52.2 Å². The summed E-state index contributed by atoms with van der Waals surface area (Å²) in [7, 11) is 0. The van der Waals surface area contributed by atoms with Crippen molar-refractivity contribution in [2.24, 2.45) is 0 Å². The second kappa shape index (κ2) is 6.87. The smallest absolute Gasteiger partial charge is 0.115 e. The number of hydrogen-bond acceptors (Lipinski definition) is 2. The number of ether oxygens (including phenoxy) is 1. The van der Waals surface area contributed by atoms with Crippen molar-refractivity contribution in [1.29, 1.82) is 0 Å². The second-order valence-electron chi connectivity index (χ2n) is 4.21. The molecule has 1 saturated heterocycles.